The molecule has 1 aromatic rings. The second kappa shape index (κ2) is 6.78. The molecule has 1 fully saturated rings. The van der Waals surface area contributed by atoms with Crippen LogP contribution >= 0.6 is 11.6 Å². The number of rotatable bonds is 4. The van der Waals surface area contributed by atoms with Crippen molar-refractivity contribution in [2.75, 3.05) is 32.0 Å². The molecule has 1 heterocycles. The maximum Gasteiger partial charge on any atom is 0.337 e. The van der Waals surface area contributed by atoms with Gasteiger partial charge in [-0.3, -0.25) is 0 Å². The van der Waals surface area contributed by atoms with Crippen LogP contribution in [0.4, 0.5) is 10.5 Å². The Morgan fingerprint density at radius 2 is 2.24 bits per heavy atom. The Balaban J connectivity index is 1.87. The summed E-state index contributed by atoms with van der Waals surface area (Å²) in [5.41, 5.74) is 0.365. The molecule has 0 aromatic heterocycles. The smallest absolute Gasteiger partial charge is 0.337 e. The van der Waals surface area contributed by atoms with E-state index in [0.29, 0.717) is 18.2 Å². The fourth-order valence-corrected chi connectivity index (χ4v) is 2.57. The highest BCUT2D eigenvalue weighted by Crippen LogP contribution is 2.20. The zero-order chi connectivity index (χ0) is 15.4. The zero-order valence-electron chi connectivity index (χ0n) is 11.7. The highest BCUT2D eigenvalue weighted by atomic mass is 35.5. The Morgan fingerprint density at radius 1 is 1.48 bits per heavy atom. The largest absolute Gasteiger partial charge is 0.478 e. The van der Waals surface area contributed by atoms with Crippen LogP contribution in [0.15, 0.2) is 18.2 Å². The summed E-state index contributed by atoms with van der Waals surface area (Å²) in [7, 11) is 2.06. The predicted octanol–water partition coefficient (Wildman–Crippen LogP) is 2.11. The fraction of sp³-hybridized carbons (Fsp3) is 0.429. The van der Waals surface area contributed by atoms with Crippen molar-refractivity contribution < 1.29 is 14.7 Å². The van der Waals surface area contributed by atoms with E-state index in [1.54, 1.807) is 6.07 Å². The van der Waals surface area contributed by atoms with Gasteiger partial charge >= 0.3 is 12.0 Å². The van der Waals surface area contributed by atoms with Gasteiger partial charge in [-0.25, -0.2) is 9.59 Å². The van der Waals surface area contributed by atoms with Crippen LogP contribution in [0.5, 0.6) is 0 Å². The van der Waals surface area contributed by atoms with Crippen molar-refractivity contribution in [3.05, 3.63) is 28.8 Å². The molecule has 0 bridgehead atoms. The Kier molecular flexibility index (Phi) is 5.03. The number of urea groups is 1. The lowest BCUT2D eigenvalue weighted by molar-refractivity contribution is 0.0697. The molecule has 7 heteroatoms. The van der Waals surface area contributed by atoms with Crippen molar-refractivity contribution in [2.24, 2.45) is 5.92 Å². The van der Waals surface area contributed by atoms with Gasteiger partial charge in [0, 0.05) is 18.8 Å². The van der Waals surface area contributed by atoms with Crippen LogP contribution in [0, 0.1) is 5.92 Å². The highest BCUT2D eigenvalue weighted by Gasteiger charge is 2.19. The van der Waals surface area contributed by atoms with Gasteiger partial charge in [-0.2, -0.15) is 0 Å². The molecule has 2 rings (SSSR count). The van der Waals surface area contributed by atoms with Crippen molar-refractivity contribution in [3.8, 4) is 0 Å². The van der Waals surface area contributed by atoms with Crippen LogP contribution in [-0.4, -0.2) is 48.7 Å². The second-order valence-corrected chi connectivity index (χ2v) is 5.66. The van der Waals surface area contributed by atoms with E-state index < -0.39 is 5.97 Å². The van der Waals surface area contributed by atoms with Gasteiger partial charge in [0.25, 0.3) is 0 Å². The molecule has 0 radical (unpaired) electrons. The Labute approximate surface area is 128 Å². The number of carboxylic acid groups (broad SMARTS) is 1. The third-order valence-electron chi connectivity index (χ3n) is 3.49. The number of hydrogen-bond donors (Lipinski definition) is 3. The van der Waals surface area contributed by atoms with Gasteiger partial charge in [0.2, 0.25) is 0 Å². The SMILES string of the molecule is CN1CCC(CNC(=O)Nc2ccc(Cl)c(C(=O)O)c2)C1. The fourth-order valence-electron chi connectivity index (χ4n) is 2.37. The number of benzene rings is 1. The van der Waals surface area contributed by atoms with Crippen LogP contribution in [0.25, 0.3) is 0 Å². The molecule has 1 aliphatic rings. The minimum absolute atomic E-state index is 0.0353. The number of hydrogen-bond acceptors (Lipinski definition) is 3. The van der Waals surface area contributed by atoms with E-state index in [1.807, 2.05) is 0 Å². The maximum absolute atomic E-state index is 11.8. The van der Waals surface area contributed by atoms with Gasteiger partial charge in [0.05, 0.1) is 10.6 Å². The first kappa shape index (κ1) is 15.6. The van der Waals surface area contributed by atoms with Crippen molar-refractivity contribution in [2.45, 2.75) is 6.42 Å². The number of carbonyl (C=O) groups is 2. The Bertz CT molecular complexity index is 550. The van der Waals surface area contributed by atoms with Crippen molar-refractivity contribution >= 4 is 29.3 Å². The molecular formula is C14H18ClN3O3. The monoisotopic (exact) mass is 311 g/mol. The Hall–Kier alpha value is -1.79. The summed E-state index contributed by atoms with van der Waals surface area (Å²) in [6.07, 6.45) is 1.07. The van der Waals surface area contributed by atoms with Crippen LogP contribution in [-0.2, 0) is 0 Å². The van der Waals surface area contributed by atoms with E-state index in [2.05, 4.69) is 22.6 Å². The third-order valence-corrected chi connectivity index (χ3v) is 3.82. The quantitative estimate of drug-likeness (QED) is 0.795. The first-order valence-electron chi connectivity index (χ1n) is 6.72. The molecule has 0 spiro atoms. The average molecular weight is 312 g/mol. The van der Waals surface area contributed by atoms with Gasteiger partial charge in [-0.1, -0.05) is 11.6 Å². The molecule has 2 amide bonds. The van der Waals surface area contributed by atoms with Crippen molar-refractivity contribution in [1.29, 1.82) is 0 Å². The minimum Gasteiger partial charge on any atom is -0.478 e. The van der Waals surface area contributed by atoms with Gasteiger partial charge in [-0.05, 0) is 44.1 Å². The third kappa shape index (κ3) is 4.34. The number of likely N-dealkylation sites (tertiary alicyclic amines) is 1. The molecule has 1 unspecified atom stereocenters. The first-order valence-corrected chi connectivity index (χ1v) is 7.09. The normalized spacial score (nSPS) is 18.5. The van der Waals surface area contributed by atoms with Crippen molar-refractivity contribution in [3.63, 3.8) is 0 Å². The van der Waals surface area contributed by atoms with Crippen LogP contribution in [0.3, 0.4) is 0 Å². The molecule has 0 saturated carbocycles. The molecule has 1 atom stereocenters. The number of nitrogens with one attached hydrogen (secondary N) is 2. The topological polar surface area (TPSA) is 81.7 Å². The van der Waals surface area contributed by atoms with Crippen LogP contribution in [0.2, 0.25) is 5.02 Å². The first-order chi connectivity index (χ1) is 9.95. The molecule has 3 N–H and O–H groups in total. The standard InChI is InChI=1S/C14H18ClN3O3/c1-18-5-4-9(8-18)7-16-14(21)17-10-2-3-12(15)11(6-10)13(19)20/h2-3,6,9H,4-5,7-8H2,1H3,(H,19,20)(H2,16,17,21). The van der Waals surface area contributed by atoms with Gasteiger partial charge < -0.3 is 20.6 Å². The summed E-state index contributed by atoms with van der Waals surface area (Å²) < 4.78 is 0. The van der Waals surface area contributed by atoms with E-state index in [4.69, 9.17) is 16.7 Å². The van der Waals surface area contributed by atoms with E-state index in [1.165, 1.54) is 12.1 Å². The lowest BCUT2D eigenvalue weighted by atomic mass is 10.1. The predicted molar refractivity (Wildman–Crippen MR) is 81.0 cm³/mol. The number of aromatic carboxylic acids is 1. The molecule has 114 valence electrons. The average Bonchev–Trinajstić information content (AvgIpc) is 2.84. The minimum atomic E-state index is -1.13. The highest BCUT2D eigenvalue weighted by molar-refractivity contribution is 6.33. The lowest BCUT2D eigenvalue weighted by Gasteiger charge is -2.13. The maximum atomic E-state index is 11.8. The Morgan fingerprint density at radius 3 is 2.86 bits per heavy atom. The van der Waals surface area contributed by atoms with E-state index in [9.17, 15) is 9.59 Å². The molecule has 0 aliphatic carbocycles. The number of anilines is 1. The van der Waals surface area contributed by atoms with E-state index >= 15 is 0 Å². The molecule has 1 aromatic carbocycles. The molecule has 21 heavy (non-hydrogen) atoms. The van der Waals surface area contributed by atoms with Crippen LogP contribution in [0.1, 0.15) is 16.8 Å². The second-order valence-electron chi connectivity index (χ2n) is 5.25. The number of nitrogens with zero attached hydrogens (tertiary/aromatic N) is 1. The van der Waals surface area contributed by atoms with Gasteiger partial charge in [-0.15, -0.1) is 0 Å². The molecule has 6 nitrogen and oxygen atoms in total. The van der Waals surface area contributed by atoms with E-state index in [-0.39, 0.29) is 16.6 Å². The summed E-state index contributed by atoms with van der Waals surface area (Å²) >= 11 is 5.77. The summed E-state index contributed by atoms with van der Waals surface area (Å²) in [6, 6.07) is 4.01. The summed E-state index contributed by atoms with van der Waals surface area (Å²) in [5.74, 6) is -0.668. The molecular weight excluding hydrogens is 294 g/mol. The summed E-state index contributed by atoms with van der Waals surface area (Å²) in [5, 5.41) is 14.5. The number of halogens is 1. The van der Waals surface area contributed by atoms with Crippen molar-refractivity contribution in [1.82, 2.24) is 10.2 Å². The van der Waals surface area contributed by atoms with Gasteiger partial charge in [0.15, 0.2) is 0 Å². The summed E-state index contributed by atoms with van der Waals surface area (Å²) in [4.78, 5) is 25.0. The zero-order valence-corrected chi connectivity index (χ0v) is 12.5. The number of amides is 2. The van der Waals surface area contributed by atoms with E-state index in [0.717, 1.165) is 19.5 Å². The molecule has 1 saturated heterocycles. The van der Waals surface area contributed by atoms with Gasteiger partial charge in [0.1, 0.15) is 0 Å². The lowest BCUT2D eigenvalue weighted by Crippen LogP contribution is -2.33. The van der Waals surface area contributed by atoms with Crippen LogP contribution < -0.4 is 10.6 Å². The number of carbonyl (C=O) groups excluding carboxylic acids is 1. The summed E-state index contributed by atoms with van der Waals surface area (Å²) in [6.45, 7) is 2.63. The molecule has 1 aliphatic heterocycles. The number of carboxylic acids is 1.